The van der Waals surface area contributed by atoms with Crippen LogP contribution in [0, 0.1) is 11.3 Å². The molecule has 1 aromatic carbocycles. The number of nitrogens with zero attached hydrogens (tertiary/aromatic N) is 1. The molecule has 2 aliphatic rings. The molecular weight excluding hydrogens is 408 g/mol. The molecule has 0 unspecified atom stereocenters. The Labute approximate surface area is 190 Å². The van der Waals surface area contributed by atoms with Gasteiger partial charge in [-0.05, 0) is 54.6 Å². The van der Waals surface area contributed by atoms with E-state index in [1.807, 2.05) is 13.8 Å². The number of phenols is 2. The Bertz CT molecular complexity index is 837. The van der Waals surface area contributed by atoms with Crippen molar-refractivity contribution in [1.82, 2.24) is 10.2 Å². The fraction of sp³-hybridized carbons (Fsp3) is 0.680. The molecule has 1 amide bonds. The molecule has 32 heavy (non-hydrogen) atoms. The van der Waals surface area contributed by atoms with Crippen molar-refractivity contribution in [3.8, 4) is 11.5 Å². The van der Waals surface area contributed by atoms with Gasteiger partial charge in [-0.3, -0.25) is 9.59 Å². The Morgan fingerprint density at radius 1 is 1.03 bits per heavy atom. The molecule has 7 nitrogen and oxygen atoms in total. The number of carboxylic acid groups (broad SMARTS) is 1. The van der Waals surface area contributed by atoms with Crippen molar-refractivity contribution in [1.29, 1.82) is 0 Å². The summed E-state index contributed by atoms with van der Waals surface area (Å²) < 4.78 is 0. The van der Waals surface area contributed by atoms with Crippen LogP contribution in [0.15, 0.2) is 12.1 Å². The number of likely N-dealkylation sites (tertiary alicyclic amines) is 1. The van der Waals surface area contributed by atoms with Crippen LogP contribution in [0.25, 0.3) is 0 Å². The maximum absolute atomic E-state index is 13.0. The summed E-state index contributed by atoms with van der Waals surface area (Å²) in [7, 11) is 0. The number of hydrogen-bond acceptors (Lipinski definition) is 5. The van der Waals surface area contributed by atoms with Crippen LogP contribution in [0.2, 0.25) is 0 Å². The minimum absolute atomic E-state index is 0.0125. The van der Waals surface area contributed by atoms with E-state index in [-0.39, 0.29) is 40.3 Å². The van der Waals surface area contributed by atoms with Crippen LogP contribution >= 0.6 is 0 Å². The van der Waals surface area contributed by atoms with Gasteiger partial charge in [-0.1, -0.05) is 40.5 Å². The van der Waals surface area contributed by atoms with E-state index in [1.165, 1.54) is 18.9 Å². The van der Waals surface area contributed by atoms with Gasteiger partial charge >= 0.3 is 5.97 Å². The number of carbonyl (C=O) groups is 2. The molecule has 7 heteroatoms. The zero-order chi connectivity index (χ0) is 23.6. The van der Waals surface area contributed by atoms with Gasteiger partial charge in [-0.15, -0.1) is 0 Å². The summed E-state index contributed by atoms with van der Waals surface area (Å²) in [5.74, 6) is -0.874. The number of hydrogen-bond donors (Lipinski definition) is 4. The Morgan fingerprint density at radius 3 is 2.16 bits per heavy atom. The summed E-state index contributed by atoms with van der Waals surface area (Å²) in [5.41, 5.74) is 0.491. The van der Waals surface area contributed by atoms with Crippen molar-refractivity contribution in [2.24, 2.45) is 11.3 Å². The molecule has 0 spiro atoms. The first-order chi connectivity index (χ1) is 15.0. The van der Waals surface area contributed by atoms with Gasteiger partial charge in [0, 0.05) is 25.2 Å². The van der Waals surface area contributed by atoms with Gasteiger partial charge in [0.1, 0.15) is 17.5 Å². The van der Waals surface area contributed by atoms with Crippen molar-refractivity contribution in [2.45, 2.75) is 84.2 Å². The van der Waals surface area contributed by atoms with E-state index in [2.05, 4.69) is 19.2 Å². The fourth-order valence-corrected chi connectivity index (χ4v) is 5.39. The highest BCUT2D eigenvalue weighted by Gasteiger charge is 2.43. The number of phenolic OH excluding ortho intramolecular Hbond substituents is 2. The zero-order valence-corrected chi connectivity index (χ0v) is 19.7. The molecule has 0 aromatic heterocycles. The second-order valence-corrected chi connectivity index (χ2v) is 10.4. The number of nitrogens with one attached hydrogen (secondary N) is 1. The van der Waals surface area contributed by atoms with Gasteiger partial charge < -0.3 is 25.5 Å². The number of benzene rings is 1. The van der Waals surface area contributed by atoms with Crippen LogP contribution in [-0.2, 0) is 4.79 Å². The summed E-state index contributed by atoms with van der Waals surface area (Å²) in [6, 6.07) is 2.22. The molecule has 1 atom stereocenters. The lowest BCUT2D eigenvalue weighted by Crippen LogP contribution is -2.56. The molecule has 1 heterocycles. The second kappa shape index (κ2) is 9.69. The lowest BCUT2D eigenvalue weighted by molar-refractivity contribution is -0.144. The first-order valence-electron chi connectivity index (χ1n) is 11.9. The van der Waals surface area contributed by atoms with Crippen LogP contribution in [-0.4, -0.2) is 57.3 Å². The lowest BCUT2D eigenvalue weighted by Gasteiger charge is -2.41. The lowest BCUT2D eigenvalue weighted by atomic mass is 9.71. The SMILES string of the molecule is CC(C)c1cc(C(=O)N2CCC(N[C@H](C(=O)O)C(C)(C)C3CCCC3)CC2)c(O)cc1O. The van der Waals surface area contributed by atoms with Gasteiger partial charge in [0.05, 0.1) is 5.56 Å². The van der Waals surface area contributed by atoms with Crippen molar-refractivity contribution < 1.29 is 24.9 Å². The van der Waals surface area contributed by atoms with Crippen molar-refractivity contribution >= 4 is 11.9 Å². The summed E-state index contributed by atoms with van der Waals surface area (Å²) in [6.45, 7) is 8.95. The second-order valence-electron chi connectivity index (χ2n) is 10.4. The maximum atomic E-state index is 13.0. The molecule has 178 valence electrons. The summed E-state index contributed by atoms with van der Waals surface area (Å²) in [6.07, 6.45) is 5.82. The third-order valence-electron chi connectivity index (χ3n) is 7.58. The van der Waals surface area contributed by atoms with Crippen LogP contribution < -0.4 is 5.32 Å². The van der Waals surface area contributed by atoms with E-state index in [1.54, 1.807) is 11.0 Å². The zero-order valence-electron chi connectivity index (χ0n) is 19.7. The average molecular weight is 447 g/mol. The predicted molar refractivity (Wildman–Crippen MR) is 123 cm³/mol. The molecule has 0 bridgehead atoms. The van der Waals surface area contributed by atoms with E-state index in [9.17, 15) is 24.9 Å². The molecule has 1 aromatic rings. The molecule has 1 aliphatic heterocycles. The molecular formula is C25H38N2O5. The standard InChI is InChI=1S/C25H38N2O5/c1-15(2)18-13-19(21(29)14-20(18)28)23(30)27-11-9-17(10-12-27)26-22(24(31)32)25(3,4)16-7-5-6-8-16/h13-17,22,26,28-29H,5-12H2,1-4H3,(H,31,32)/t22-/m1/s1. The van der Waals surface area contributed by atoms with E-state index in [0.717, 1.165) is 12.8 Å². The van der Waals surface area contributed by atoms with E-state index in [0.29, 0.717) is 37.4 Å². The predicted octanol–water partition coefficient (Wildman–Crippen LogP) is 4.09. The highest BCUT2D eigenvalue weighted by molar-refractivity contribution is 5.97. The van der Waals surface area contributed by atoms with E-state index < -0.39 is 12.0 Å². The van der Waals surface area contributed by atoms with Gasteiger partial charge in [0.2, 0.25) is 0 Å². The summed E-state index contributed by atoms with van der Waals surface area (Å²) in [5, 5.41) is 33.6. The maximum Gasteiger partial charge on any atom is 0.321 e. The van der Waals surface area contributed by atoms with Crippen LogP contribution in [0.5, 0.6) is 11.5 Å². The van der Waals surface area contributed by atoms with Crippen molar-refractivity contribution in [3.05, 3.63) is 23.3 Å². The van der Waals surface area contributed by atoms with Crippen LogP contribution in [0.4, 0.5) is 0 Å². The van der Waals surface area contributed by atoms with E-state index in [4.69, 9.17) is 0 Å². The highest BCUT2D eigenvalue weighted by atomic mass is 16.4. The Morgan fingerprint density at radius 2 is 1.62 bits per heavy atom. The Hall–Kier alpha value is -2.28. The van der Waals surface area contributed by atoms with Gasteiger partial charge in [-0.25, -0.2) is 0 Å². The molecule has 1 saturated heterocycles. The number of rotatable bonds is 7. The topological polar surface area (TPSA) is 110 Å². The normalized spacial score (nSPS) is 19.5. The number of aromatic hydroxyl groups is 2. The molecule has 1 aliphatic carbocycles. The van der Waals surface area contributed by atoms with E-state index >= 15 is 0 Å². The number of amides is 1. The molecule has 4 N–H and O–H groups in total. The smallest absolute Gasteiger partial charge is 0.321 e. The third-order valence-corrected chi connectivity index (χ3v) is 7.58. The van der Waals surface area contributed by atoms with Gasteiger partial charge in [0.25, 0.3) is 5.91 Å². The molecule has 3 rings (SSSR count). The Kier molecular flexibility index (Phi) is 7.38. The fourth-order valence-electron chi connectivity index (χ4n) is 5.39. The third kappa shape index (κ3) is 5.03. The van der Waals surface area contributed by atoms with Crippen molar-refractivity contribution in [3.63, 3.8) is 0 Å². The number of carbonyl (C=O) groups excluding carboxylic acids is 1. The molecule has 2 fully saturated rings. The largest absolute Gasteiger partial charge is 0.508 e. The quantitative estimate of drug-likeness (QED) is 0.502. The summed E-state index contributed by atoms with van der Waals surface area (Å²) in [4.78, 5) is 26.9. The molecule has 1 saturated carbocycles. The average Bonchev–Trinajstić information content (AvgIpc) is 3.27. The number of piperidine rings is 1. The monoisotopic (exact) mass is 446 g/mol. The minimum atomic E-state index is -0.810. The highest BCUT2D eigenvalue weighted by Crippen LogP contribution is 2.42. The van der Waals surface area contributed by atoms with Crippen LogP contribution in [0.3, 0.4) is 0 Å². The first-order valence-corrected chi connectivity index (χ1v) is 11.9. The van der Waals surface area contributed by atoms with Gasteiger partial charge in [-0.2, -0.15) is 0 Å². The first kappa shape index (κ1) is 24.4. The Balaban J connectivity index is 1.65. The summed E-state index contributed by atoms with van der Waals surface area (Å²) >= 11 is 0. The number of carboxylic acids is 1. The number of aliphatic carboxylic acids is 1. The van der Waals surface area contributed by atoms with Crippen LogP contribution in [0.1, 0.15) is 88.1 Å². The molecule has 0 radical (unpaired) electrons. The minimum Gasteiger partial charge on any atom is -0.508 e. The van der Waals surface area contributed by atoms with Gasteiger partial charge in [0.15, 0.2) is 0 Å². The van der Waals surface area contributed by atoms with Crippen molar-refractivity contribution in [2.75, 3.05) is 13.1 Å².